The lowest BCUT2D eigenvalue weighted by Crippen LogP contribution is -2.68. The first-order valence-electron chi connectivity index (χ1n) is 10.4. The summed E-state index contributed by atoms with van der Waals surface area (Å²) in [4.78, 5) is 40.8. The maximum atomic E-state index is 13.5. The summed E-state index contributed by atoms with van der Waals surface area (Å²) in [5.74, 6) is 1.09. The molecule has 4 aliphatic heterocycles. The van der Waals surface area contributed by atoms with E-state index in [1.165, 1.54) is 6.20 Å². The van der Waals surface area contributed by atoms with Crippen LogP contribution in [0.1, 0.15) is 31.4 Å². The van der Waals surface area contributed by atoms with E-state index in [0.717, 1.165) is 25.8 Å². The van der Waals surface area contributed by atoms with Gasteiger partial charge in [0.1, 0.15) is 12.1 Å². The van der Waals surface area contributed by atoms with Crippen LogP contribution in [0.4, 0.5) is 5.82 Å². The van der Waals surface area contributed by atoms with Crippen LogP contribution < -0.4 is 4.90 Å². The van der Waals surface area contributed by atoms with Crippen molar-refractivity contribution in [3.8, 4) is 6.07 Å². The number of piperidine rings is 3. The number of nitriles is 1. The summed E-state index contributed by atoms with van der Waals surface area (Å²) < 4.78 is 0. The molecule has 150 valence electrons. The molecule has 29 heavy (non-hydrogen) atoms. The number of rotatable bonds is 2. The van der Waals surface area contributed by atoms with Crippen molar-refractivity contribution in [2.45, 2.75) is 37.8 Å². The number of anilines is 1. The predicted molar refractivity (Wildman–Crippen MR) is 105 cm³/mol. The smallest absolute Gasteiger partial charge is 0.246 e. The summed E-state index contributed by atoms with van der Waals surface area (Å²) in [7, 11) is 0. The molecule has 0 saturated carbocycles. The predicted octanol–water partition coefficient (Wildman–Crippen LogP) is 0.952. The van der Waals surface area contributed by atoms with Crippen LogP contribution >= 0.6 is 0 Å². The lowest BCUT2D eigenvalue weighted by Gasteiger charge is -2.56. The molecule has 1 aromatic heterocycles. The standard InChI is InChI=1S/C21H24N6O2/c22-11-16-20(24-7-6-23-16)26-12-14-10-15(13-26)19(21(29)25-8-1-2-9-25)27-17(14)4-3-5-18(27)28/h1-2,6-7,14-15,17,19H,3-5,8-10,12-13H2/t14-,15+,17+,19-/m1/s1. The third-order valence-corrected chi connectivity index (χ3v) is 6.81. The van der Waals surface area contributed by atoms with Crippen molar-refractivity contribution in [2.75, 3.05) is 31.1 Å². The van der Waals surface area contributed by atoms with Gasteiger partial charge in [0.15, 0.2) is 11.5 Å². The van der Waals surface area contributed by atoms with Crippen LogP contribution in [0.15, 0.2) is 24.5 Å². The Balaban J connectivity index is 1.50. The average Bonchev–Trinajstić information content (AvgIpc) is 3.29. The Hall–Kier alpha value is -2.95. The molecule has 3 fully saturated rings. The molecule has 3 saturated heterocycles. The third kappa shape index (κ3) is 2.96. The highest BCUT2D eigenvalue weighted by Gasteiger charge is 2.53. The first kappa shape index (κ1) is 18.1. The lowest BCUT2D eigenvalue weighted by molar-refractivity contribution is -0.160. The molecule has 0 unspecified atom stereocenters. The molecule has 8 nitrogen and oxygen atoms in total. The molecule has 2 amide bonds. The molecule has 0 radical (unpaired) electrons. The van der Waals surface area contributed by atoms with E-state index in [4.69, 9.17) is 0 Å². The van der Waals surface area contributed by atoms with Crippen LogP contribution in [-0.2, 0) is 9.59 Å². The molecule has 4 atom stereocenters. The van der Waals surface area contributed by atoms with Gasteiger partial charge in [0.25, 0.3) is 0 Å². The monoisotopic (exact) mass is 392 g/mol. The first-order chi connectivity index (χ1) is 14.2. The molecule has 4 aliphatic rings. The zero-order valence-electron chi connectivity index (χ0n) is 16.3. The molecule has 1 aromatic rings. The van der Waals surface area contributed by atoms with Crippen molar-refractivity contribution in [1.82, 2.24) is 19.8 Å². The van der Waals surface area contributed by atoms with Crippen molar-refractivity contribution in [3.63, 3.8) is 0 Å². The van der Waals surface area contributed by atoms with Crippen LogP contribution in [0.3, 0.4) is 0 Å². The van der Waals surface area contributed by atoms with E-state index in [9.17, 15) is 14.9 Å². The largest absolute Gasteiger partial charge is 0.353 e. The highest BCUT2D eigenvalue weighted by Crippen LogP contribution is 2.43. The Labute approximate surface area is 169 Å². The average molecular weight is 392 g/mol. The Morgan fingerprint density at radius 1 is 1.14 bits per heavy atom. The summed E-state index contributed by atoms with van der Waals surface area (Å²) in [5.41, 5.74) is 0.315. The second-order valence-corrected chi connectivity index (χ2v) is 8.42. The number of hydrogen-bond acceptors (Lipinski definition) is 6. The molecule has 5 heterocycles. The molecular formula is C21H24N6O2. The molecule has 0 aromatic carbocycles. The first-order valence-corrected chi connectivity index (χ1v) is 10.4. The summed E-state index contributed by atoms with van der Waals surface area (Å²) in [6.07, 6.45) is 10.4. The maximum Gasteiger partial charge on any atom is 0.246 e. The highest BCUT2D eigenvalue weighted by atomic mass is 16.2. The van der Waals surface area contributed by atoms with E-state index in [2.05, 4.69) is 20.9 Å². The van der Waals surface area contributed by atoms with Crippen LogP contribution in [0.2, 0.25) is 0 Å². The quantitative estimate of drug-likeness (QED) is 0.696. The van der Waals surface area contributed by atoms with Gasteiger partial charge in [-0.1, -0.05) is 12.2 Å². The summed E-state index contributed by atoms with van der Waals surface area (Å²) in [6, 6.07) is 1.80. The normalized spacial score (nSPS) is 30.9. The van der Waals surface area contributed by atoms with Gasteiger partial charge < -0.3 is 14.7 Å². The topological polar surface area (TPSA) is 93.4 Å². The number of hydrogen-bond donors (Lipinski definition) is 0. The number of carbonyl (C=O) groups excluding carboxylic acids is 2. The van der Waals surface area contributed by atoms with E-state index in [1.54, 1.807) is 6.20 Å². The number of aromatic nitrogens is 2. The van der Waals surface area contributed by atoms with E-state index in [0.29, 0.717) is 37.6 Å². The van der Waals surface area contributed by atoms with Crippen LogP contribution in [0, 0.1) is 23.2 Å². The van der Waals surface area contributed by atoms with Crippen molar-refractivity contribution >= 4 is 17.6 Å². The molecule has 2 bridgehead atoms. The second kappa shape index (κ2) is 7.14. The number of amides is 2. The Morgan fingerprint density at radius 3 is 2.69 bits per heavy atom. The minimum absolute atomic E-state index is 0.0358. The van der Waals surface area contributed by atoms with E-state index >= 15 is 0 Å². The van der Waals surface area contributed by atoms with Crippen molar-refractivity contribution < 1.29 is 9.59 Å². The summed E-state index contributed by atoms with van der Waals surface area (Å²) in [5, 5.41) is 9.46. The zero-order valence-corrected chi connectivity index (χ0v) is 16.3. The van der Waals surface area contributed by atoms with Gasteiger partial charge in [0.05, 0.1) is 0 Å². The van der Waals surface area contributed by atoms with Gasteiger partial charge in [-0.15, -0.1) is 0 Å². The molecule has 0 aliphatic carbocycles. The van der Waals surface area contributed by atoms with Crippen LogP contribution in [-0.4, -0.2) is 69.8 Å². The van der Waals surface area contributed by atoms with E-state index in [-0.39, 0.29) is 29.7 Å². The van der Waals surface area contributed by atoms with Crippen LogP contribution in [0.5, 0.6) is 0 Å². The van der Waals surface area contributed by atoms with Crippen molar-refractivity contribution in [2.24, 2.45) is 11.8 Å². The van der Waals surface area contributed by atoms with Gasteiger partial charge in [-0.3, -0.25) is 9.59 Å². The van der Waals surface area contributed by atoms with E-state index < -0.39 is 6.04 Å². The Morgan fingerprint density at radius 2 is 1.90 bits per heavy atom. The Kier molecular flexibility index (Phi) is 4.46. The second-order valence-electron chi connectivity index (χ2n) is 8.42. The third-order valence-electron chi connectivity index (χ3n) is 6.81. The van der Waals surface area contributed by atoms with Gasteiger partial charge in [-0.2, -0.15) is 5.26 Å². The molecular weight excluding hydrogens is 368 g/mol. The number of carbonyl (C=O) groups is 2. The molecule has 0 spiro atoms. The van der Waals surface area contributed by atoms with Crippen molar-refractivity contribution in [3.05, 3.63) is 30.2 Å². The van der Waals surface area contributed by atoms with Gasteiger partial charge >= 0.3 is 0 Å². The van der Waals surface area contributed by atoms with E-state index in [1.807, 2.05) is 22.0 Å². The fourth-order valence-corrected chi connectivity index (χ4v) is 5.63. The highest BCUT2D eigenvalue weighted by molar-refractivity contribution is 5.89. The Bertz CT molecular complexity index is 901. The summed E-state index contributed by atoms with van der Waals surface area (Å²) >= 11 is 0. The molecule has 0 N–H and O–H groups in total. The minimum atomic E-state index is -0.422. The van der Waals surface area contributed by atoms with Gasteiger partial charge in [-0.05, 0) is 25.2 Å². The SMILES string of the molecule is N#Cc1nccnc1N1C[C@H]2C[C@@H](C1)[C@H](C(=O)N1CC=CC1)N1C(=O)CCC[C@@H]21. The van der Waals surface area contributed by atoms with Crippen molar-refractivity contribution in [1.29, 1.82) is 5.26 Å². The van der Waals surface area contributed by atoms with Gasteiger partial charge in [0, 0.05) is 57.0 Å². The molecule has 5 rings (SSSR count). The maximum absolute atomic E-state index is 13.5. The number of fused-ring (bicyclic) bond motifs is 4. The lowest BCUT2D eigenvalue weighted by atomic mass is 9.71. The fourth-order valence-electron chi connectivity index (χ4n) is 5.63. The zero-order chi connectivity index (χ0) is 20.0. The minimum Gasteiger partial charge on any atom is -0.353 e. The summed E-state index contributed by atoms with van der Waals surface area (Å²) in [6.45, 7) is 2.58. The fraction of sp³-hybridized carbons (Fsp3) is 0.571. The molecule has 8 heteroatoms. The number of nitrogens with zero attached hydrogens (tertiary/aromatic N) is 6. The van der Waals surface area contributed by atoms with Gasteiger partial charge in [0.2, 0.25) is 11.8 Å². The van der Waals surface area contributed by atoms with Crippen LogP contribution in [0.25, 0.3) is 0 Å². The van der Waals surface area contributed by atoms with Gasteiger partial charge in [-0.25, -0.2) is 9.97 Å².